The summed E-state index contributed by atoms with van der Waals surface area (Å²) in [4.78, 5) is 24.6. The summed E-state index contributed by atoms with van der Waals surface area (Å²) in [5.74, 6) is -0.972. The minimum absolute atomic E-state index is 0.0539. The van der Waals surface area contributed by atoms with Crippen LogP contribution in [0.2, 0.25) is 0 Å². The molecule has 0 aromatic heterocycles. The summed E-state index contributed by atoms with van der Waals surface area (Å²) in [5.41, 5.74) is -0.802. The van der Waals surface area contributed by atoms with Crippen molar-refractivity contribution in [3.05, 3.63) is 0 Å². The molecule has 0 bridgehead atoms. The molecule has 0 heterocycles. The molecule has 1 saturated carbocycles. The molecule has 0 saturated heterocycles. The number of hydrogen-bond acceptors (Lipinski definition) is 2. The molecular formula is C12H21NO3. The van der Waals surface area contributed by atoms with E-state index in [0.717, 1.165) is 12.8 Å². The average molecular weight is 227 g/mol. The second-order valence-electron chi connectivity index (χ2n) is 5.31. The van der Waals surface area contributed by atoms with E-state index in [1.165, 1.54) is 12.8 Å². The Labute approximate surface area is 96.6 Å². The van der Waals surface area contributed by atoms with Crippen molar-refractivity contribution in [3.63, 3.8) is 0 Å². The van der Waals surface area contributed by atoms with Crippen LogP contribution < -0.4 is 0 Å². The van der Waals surface area contributed by atoms with Crippen LogP contribution in [-0.4, -0.2) is 35.0 Å². The number of hydrogen-bond donors (Lipinski definition) is 1. The van der Waals surface area contributed by atoms with Crippen molar-refractivity contribution in [3.8, 4) is 0 Å². The lowest BCUT2D eigenvalue weighted by molar-refractivity contribution is -0.149. The molecule has 1 rings (SSSR count). The van der Waals surface area contributed by atoms with Crippen molar-refractivity contribution < 1.29 is 14.7 Å². The monoisotopic (exact) mass is 227 g/mol. The Kier molecular flexibility index (Phi) is 3.94. The van der Waals surface area contributed by atoms with E-state index in [2.05, 4.69) is 0 Å². The maximum absolute atomic E-state index is 12.1. The normalized spacial score (nSPS) is 17.4. The van der Waals surface area contributed by atoms with Crippen LogP contribution in [0.15, 0.2) is 0 Å². The smallest absolute Gasteiger partial charge is 0.304 e. The molecule has 0 radical (unpaired) electrons. The third-order valence-electron chi connectivity index (χ3n) is 3.36. The van der Waals surface area contributed by atoms with Gasteiger partial charge in [-0.1, -0.05) is 26.7 Å². The lowest BCUT2D eigenvalue weighted by Gasteiger charge is -2.32. The van der Waals surface area contributed by atoms with Crippen molar-refractivity contribution in [2.75, 3.05) is 7.05 Å². The number of nitrogens with zero attached hydrogens (tertiary/aromatic N) is 1. The molecule has 0 aromatic carbocycles. The van der Waals surface area contributed by atoms with Gasteiger partial charge in [-0.2, -0.15) is 0 Å². The van der Waals surface area contributed by atoms with E-state index in [-0.39, 0.29) is 12.3 Å². The zero-order chi connectivity index (χ0) is 12.3. The SMILES string of the molecule is CN(C(=O)C(C)(C)CC(=O)O)C1CCCC1. The lowest BCUT2D eigenvalue weighted by atomic mass is 9.87. The van der Waals surface area contributed by atoms with E-state index in [4.69, 9.17) is 5.11 Å². The van der Waals surface area contributed by atoms with Gasteiger partial charge in [0, 0.05) is 13.1 Å². The minimum atomic E-state index is -0.918. The number of carbonyl (C=O) groups excluding carboxylic acids is 1. The van der Waals surface area contributed by atoms with Crippen molar-refractivity contribution >= 4 is 11.9 Å². The van der Waals surface area contributed by atoms with E-state index < -0.39 is 11.4 Å². The van der Waals surface area contributed by atoms with Gasteiger partial charge in [-0.15, -0.1) is 0 Å². The first-order valence-electron chi connectivity index (χ1n) is 5.83. The summed E-state index contributed by atoms with van der Waals surface area (Å²) in [5, 5.41) is 8.77. The highest BCUT2D eigenvalue weighted by Crippen LogP contribution is 2.28. The first-order chi connectivity index (χ1) is 7.34. The molecule has 1 aliphatic carbocycles. The Morgan fingerprint density at radius 3 is 2.25 bits per heavy atom. The molecule has 0 aromatic rings. The highest BCUT2D eigenvalue weighted by atomic mass is 16.4. The molecule has 0 unspecified atom stereocenters. The Hall–Kier alpha value is -1.06. The Bertz CT molecular complexity index is 280. The Morgan fingerprint density at radius 1 is 1.31 bits per heavy atom. The summed E-state index contributed by atoms with van der Waals surface area (Å²) in [6.45, 7) is 3.41. The molecule has 0 spiro atoms. The zero-order valence-corrected chi connectivity index (χ0v) is 10.3. The van der Waals surface area contributed by atoms with E-state index in [1.54, 1.807) is 25.8 Å². The van der Waals surface area contributed by atoms with Gasteiger partial charge in [-0.25, -0.2) is 0 Å². The van der Waals surface area contributed by atoms with Crippen LogP contribution in [0, 0.1) is 5.41 Å². The minimum Gasteiger partial charge on any atom is -0.481 e. The second kappa shape index (κ2) is 4.85. The molecule has 1 amide bonds. The highest BCUT2D eigenvalue weighted by Gasteiger charge is 2.35. The highest BCUT2D eigenvalue weighted by molar-refractivity contribution is 5.86. The third kappa shape index (κ3) is 2.97. The van der Waals surface area contributed by atoms with Gasteiger partial charge in [0.25, 0.3) is 0 Å². The predicted octanol–water partition coefficient (Wildman–Crippen LogP) is 1.89. The number of rotatable bonds is 4. The van der Waals surface area contributed by atoms with Crippen LogP contribution in [-0.2, 0) is 9.59 Å². The number of aliphatic carboxylic acids is 1. The van der Waals surface area contributed by atoms with E-state index in [0.29, 0.717) is 6.04 Å². The second-order valence-corrected chi connectivity index (χ2v) is 5.31. The lowest BCUT2D eigenvalue weighted by Crippen LogP contribution is -2.44. The molecular weight excluding hydrogens is 206 g/mol. The number of carbonyl (C=O) groups is 2. The fourth-order valence-electron chi connectivity index (χ4n) is 2.39. The van der Waals surface area contributed by atoms with E-state index >= 15 is 0 Å². The molecule has 0 aliphatic heterocycles. The molecule has 4 nitrogen and oxygen atoms in total. The number of amides is 1. The van der Waals surface area contributed by atoms with Crippen LogP contribution in [0.3, 0.4) is 0 Å². The van der Waals surface area contributed by atoms with Crippen LogP contribution in [0.1, 0.15) is 46.0 Å². The van der Waals surface area contributed by atoms with Gasteiger partial charge in [-0.3, -0.25) is 9.59 Å². The van der Waals surface area contributed by atoms with Gasteiger partial charge in [0.1, 0.15) is 0 Å². The van der Waals surface area contributed by atoms with Crippen LogP contribution in [0.5, 0.6) is 0 Å². The van der Waals surface area contributed by atoms with E-state index in [1.807, 2.05) is 0 Å². The molecule has 1 aliphatic rings. The van der Waals surface area contributed by atoms with Crippen molar-refractivity contribution in [2.45, 2.75) is 52.0 Å². The summed E-state index contributed by atoms with van der Waals surface area (Å²) in [7, 11) is 1.79. The molecule has 0 atom stereocenters. The summed E-state index contributed by atoms with van der Waals surface area (Å²) >= 11 is 0. The molecule has 4 heteroatoms. The molecule has 1 fully saturated rings. The van der Waals surface area contributed by atoms with Gasteiger partial charge < -0.3 is 10.0 Å². The van der Waals surface area contributed by atoms with Crippen molar-refractivity contribution in [2.24, 2.45) is 5.41 Å². The first kappa shape index (κ1) is 13.0. The molecule has 16 heavy (non-hydrogen) atoms. The standard InChI is InChI=1S/C12H21NO3/c1-12(2,8-10(14)15)11(16)13(3)9-6-4-5-7-9/h9H,4-8H2,1-3H3,(H,14,15). The fraction of sp³-hybridized carbons (Fsp3) is 0.833. The molecule has 92 valence electrons. The van der Waals surface area contributed by atoms with Gasteiger partial charge in [0.15, 0.2) is 0 Å². The molecule has 1 N–H and O–H groups in total. The third-order valence-corrected chi connectivity index (χ3v) is 3.36. The quantitative estimate of drug-likeness (QED) is 0.797. The average Bonchev–Trinajstić information content (AvgIpc) is 2.66. The van der Waals surface area contributed by atoms with Gasteiger partial charge in [0.05, 0.1) is 11.8 Å². The topological polar surface area (TPSA) is 57.6 Å². The van der Waals surface area contributed by atoms with Crippen LogP contribution in [0.4, 0.5) is 0 Å². The number of carboxylic acid groups (broad SMARTS) is 1. The fourth-order valence-corrected chi connectivity index (χ4v) is 2.39. The maximum Gasteiger partial charge on any atom is 0.304 e. The summed E-state index contributed by atoms with van der Waals surface area (Å²) < 4.78 is 0. The zero-order valence-electron chi connectivity index (χ0n) is 10.3. The van der Waals surface area contributed by atoms with Crippen molar-refractivity contribution in [1.29, 1.82) is 0 Å². The Balaban J connectivity index is 2.64. The largest absolute Gasteiger partial charge is 0.481 e. The van der Waals surface area contributed by atoms with Gasteiger partial charge in [0.2, 0.25) is 5.91 Å². The number of carboxylic acids is 1. The summed E-state index contributed by atoms with van der Waals surface area (Å²) in [6, 6.07) is 0.306. The maximum atomic E-state index is 12.1. The Morgan fingerprint density at radius 2 is 1.81 bits per heavy atom. The van der Waals surface area contributed by atoms with Gasteiger partial charge >= 0.3 is 5.97 Å². The van der Waals surface area contributed by atoms with Gasteiger partial charge in [-0.05, 0) is 12.8 Å². The first-order valence-corrected chi connectivity index (χ1v) is 5.83. The van der Waals surface area contributed by atoms with Crippen LogP contribution in [0.25, 0.3) is 0 Å². The van der Waals surface area contributed by atoms with E-state index in [9.17, 15) is 9.59 Å². The predicted molar refractivity (Wildman–Crippen MR) is 61.1 cm³/mol. The van der Waals surface area contributed by atoms with Crippen LogP contribution >= 0.6 is 0 Å². The summed E-state index contributed by atoms with van der Waals surface area (Å²) in [6.07, 6.45) is 4.32. The van der Waals surface area contributed by atoms with Crippen molar-refractivity contribution in [1.82, 2.24) is 4.90 Å².